The van der Waals surface area contributed by atoms with Gasteiger partial charge in [-0.1, -0.05) is 38.3 Å². The predicted molar refractivity (Wildman–Crippen MR) is 129 cm³/mol. The van der Waals surface area contributed by atoms with Gasteiger partial charge >= 0.3 is 6.03 Å². The van der Waals surface area contributed by atoms with Crippen molar-refractivity contribution in [1.82, 2.24) is 10.2 Å². The number of urea groups is 1. The van der Waals surface area contributed by atoms with E-state index in [2.05, 4.69) is 17.2 Å². The first-order valence-corrected chi connectivity index (χ1v) is 11.6. The van der Waals surface area contributed by atoms with Gasteiger partial charge in [-0.15, -0.1) is 0 Å². The molecular formula is C26H34FN3O3. The topological polar surface area (TPSA) is 63.2 Å². The Morgan fingerprint density at radius 1 is 1.15 bits per heavy atom. The van der Waals surface area contributed by atoms with Gasteiger partial charge in [-0.05, 0) is 53.8 Å². The van der Waals surface area contributed by atoms with Crippen LogP contribution in [0, 0.1) is 5.82 Å². The Morgan fingerprint density at radius 3 is 2.58 bits per heavy atom. The summed E-state index contributed by atoms with van der Waals surface area (Å²) in [6, 6.07) is 9.64. The third-order valence-electron chi connectivity index (χ3n) is 5.93. The molecule has 1 N–H and O–H groups in total. The third kappa shape index (κ3) is 6.24. The number of benzene rings is 2. The average molecular weight is 456 g/mol. The third-order valence-corrected chi connectivity index (χ3v) is 5.93. The van der Waals surface area contributed by atoms with E-state index in [-0.39, 0.29) is 17.9 Å². The number of nitrogens with one attached hydrogen (secondary N) is 1. The van der Waals surface area contributed by atoms with E-state index in [0.29, 0.717) is 31.0 Å². The molecule has 2 aromatic carbocycles. The molecule has 0 saturated carbocycles. The number of amides is 2. The molecule has 1 heterocycles. The van der Waals surface area contributed by atoms with E-state index in [0.717, 1.165) is 29.7 Å². The molecule has 33 heavy (non-hydrogen) atoms. The van der Waals surface area contributed by atoms with Crippen LogP contribution in [-0.4, -0.2) is 51.0 Å². The number of ether oxygens (including phenoxy) is 2. The summed E-state index contributed by atoms with van der Waals surface area (Å²) in [5.74, 6) is 0.941. The SMILES string of the molecule is CCCCCCN=CCNC(=O)N1CCc2cc(OC)c(OC)cc2C1c1ccc(F)cc1. The first kappa shape index (κ1) is 24.6. The lowest BCUT2D eigenvalue weighted by atomic mass is 9.88. The standard InChI is InChI=1S/C26H34FN3O3/c1-4-5-6-7-13-28-14-15-29-26(31)30-16-12-20-17-23(32-2)24(33-3)18-22(20)25(30)19-8-10-21(27)11-9-19/h8-11,14,17-18,25H,4-7,12-13,15-16H2,1-3H3,(H,29,31). The minimum atomic E-state index is -0.361. The molecule has 1 atom stereocenters. The largest absolute Gasteiger partial charge is 0.493 e. The van der Waals surface area contributed by atoms with Crippen molar-refractivity contribution in [3.05, 3.63) is 58.9 Å². The molecule has 7 heteroatoms. The second-order valence-corrected chi connectivity index (χ2v) is 8.14. The zero-order valence-electron chi connectivity index (χ0n) is 19.8. The molecule has 1 aliphatic rings. The lowest BCUT2D eigenvalue weighted by Gasteiger charge is -2.38. The summed E-state index contributed by atoms with van der Waals surface area (Å²) in [5.41, 5.74) is 2.87. The number of nitrogens with zero attached hydrogens (tertiary/aromatic N) is 2. The van der Waals surface area contributed by atoms with Crippen molar-refractivity contribution >= 4 is 12.2 Å². The van der Waals surface area contributed by atoms with Crippen LogP contribution < -0.4 is 14.8 Å². The average Bonchev–Trinajstić information content (AvgIpc) is 2.84. The second kappa shape index (κ2) is 12.2. The van der Waals surface area contributed by atoms with E-state index in [1.54, 1.807) is 37.5 Å². The van der Waals surface area contributed by atoms with Crippen molar-refractivity contribution in [2.45, 2.75) is 45.1 Å². The zero-order valence-corrected chi connectivity index (χ0v) is 19.8. The minimum Gasteiger partial charge on any atom is -0.493 e. The Morgan fingerprint density at radius 2 is 1.88 bits per heavy atom. The van der Waals surface area contributed by atoms with Crippen LogP contribution in [0.1, 0.15) is 55.3 Å². The van der Waals surface area contributed by atoms with Crippen LogP contribution in [0.15, 0.2) is 41.4 Å². The maximum atomic E-state index is 13.6. The van der Waals surface area contributed by atoms with E-state index in [9.17, 15) is 9.18 Å². The molecule has 1 unspecified atom stereocenters. The Labute approximate surface area is 195 Å². The monoisotopic (exact) mass is 455 g/mol. The van der Waals surface area contributed by atoms with Crippen LogP contribution >= 0.6 is 0 Å². The molecule has 178 valence electrons. The quantitative estimate of drug-likeness (QED) is 0.398. The molecule has 0 aromatic heterocycles. The fourth-order valence-electron chi connectivity index (χ4n) is 4.19. The number of carbonyl (C=O) groups is 1. The number of fused-ring (bicyclic) bond motifs is 1. The molecule has 0 fully saturated rings. The van der Waals surface area contributed by atoms with Crippen molar-refractivity contribution in [1.29, 1.82) is 0 Å². The summed E-state index contributed by atoms with van der Waals surface area (Å²) in [6.07, 6.45) is 7.13. The first-order valence-electron chi connectivity index (χ1n) is 11.6. The van der Waals surface area contributed by atoms with Crippen molar-refractivity contribution in [3.63, 3.8) is 0 Å². The molecule has 0 aliphatic carbocycles. The van der Waals surface area contributed by atoms with Crippen LogP contribution in [0.3, 0.4) is 0 Å². The lowest BCUT2D eigenvalue weighted by molar-refractivity contribution is 0.181. The number of methoxy groups -OCH3 is 2. The molecule has 0 radical (unpaired) electrons. The number of unbranched alkanes of at least 4 members (excludes halogenated alkanes) is 3. The zero-order chi connectivity index (χ0) is 23.6. The van der Waals surface area contributed by atoms with E-state index >= 15 is 0 Å². The Kier molecular flexibility index (Phi) is 9.10. The lowest BCUT2D eigenvalue weighted by Crippen LogP contribution is -2.46. The van der Waals surface area contributed by atoms with E-state index in [1.807, 2.05) is 12.1 Å². The second-order valence-electron chi connectivity index (χ2n) is 8.14. The number of hydrogen-bond donors (Lipinski definition) is 1. The Balaban J connectivity index is 1.79. The van der Waals surface area contributed by atoms with Crippen LogP contribution in [-0.2, 0) is 6.42 Å². The van der Waals surface area contributed by atoms with Crippen LogP contribution in [0.2, 0.25) is 0 Å². The molecule has 2 amide bonds. The van der Waals surface area contributed by atoms with Gasteiger partial charge in [0.05, 0.1) is 26.8 Å². The van der Waals surface area contributed by atoms with Gasteiger partial charge in [-0.25, -0.2) is 9.18 Å². The molecular weight excluding hydrogens is 421 g/mol. The van der Waals surface area contributed by atoms with Gasteiger partial charge in [-0.2, -0.15) is 0 Å². The summed E-state index contributed by atoms with van der Waals surface area (Å²) in [6.45, 7) is 3.87. The fraction of sp³-hybridized carbons (Fsp3) is 0.462. The fourth-order valence-corrected chi connectivity index (χ4v) is 4.19. The highest BCUT2D eigenvalue weighted by Gasteiger charge is 2.33. The number of rotatable bonds is 10. The Hall–Kier alpha value is -3.09. The number of halogens is 1. The van der Waals surface area contributed by atoms with E-state index < -0.39 is 0 Å². The van der Waals surface area contributed by atoms with Crippen molar-refractivity contribution in [3.8, 4) is 11.5 Å². The molecule has 2 aromatic rings. The molecule has 6 nitrogen and oxygen atoms in total. The molecule has 1 aliphatic heterocycles. The van der Waals surface area contributed by atoms with Gasteiger partial charge < -0.3 is 19.7 Å². The van der Waals surface area contributed by atoms with Gasteiger partial charge in [0, 0.05) is 19.3 Å². The summed E-state index contributed by atoms with van der Waals surface area (Å²) in [4.78, 5) is 19.3. The maximum absolute atomic E-state index is 13.6. The minimum absolute atomic E-state index is 0.179. The predicted octanol–water partition coefficient (Wildman–Crippen LogP) is 5.15. The molecule has 3 rings (SSSR count). The smallest absolute Gasteiger partial charge is 0.318 e. The number of aliphatic imine (C=N–C) groups is 1. The molecule has 0 spiro atoms. The number of carbonyl (C=O) groups excluding carboxylic acids is 1. The van der Waals surface area contributed by atoms with Crippen molar-refractivity contribution in [2.24, 2.45) is 4.99 Å². The van der Waals surface area contributed by atoms with E-state index in [4.69, 9.17) is 9.47 Å². The summed E-state index contributed by atoms with van der Waals surface area (Å²) < 4.78 is 24.6. The maximum Gasteiger partial charge on any atom is 0.318 e. The van der Waals surface area contributed by atoms with Crippen LogP contribution in [0.5, 0.6) is 11.5 Å². The molecule has 0 bridgehead atoms. The highest BCUT2D eigenvalue weighted by molar-refractivity contribution is 5.79. The van der Waals surface area contributed by atoms with Gasteiger partial charge in [0.15, 0.2) is 11.5 Å². The van der Waals surface area contributed by atoms with E-state index in [1.165, 1.54) is 31.4 Å². The highest BCUT2D eigenvalue weighted by Crippen LogP contribution is 2.41. The van der Waals surface area contributed by atoms with Crippen molar-refractivity contribution in [2.75, 3.05) is 33.9 Å². The highest BCUT2D eigenvalue weighted by atomic mass is 19.1. The normalized spacial score (nSPS) is 15.4. The molecule has 0 saturated heterocycles. The van der Waals surface area contributed by atoms with Crippen LogP contribution in [0.4, 0.5) is 9.18 Å². The van der Waals surface area contributed by atoms with Crippen molar-refractivity contribution < 1.29 is 18.7 Å². The Bertz CT molecular complexity index is 947. The summed E-state index contributed by atoms with van der Waals surface area (Å²) in [7, 11) is 3.20. The van der Waals surface area contributed by atoms with Gasteiger partial charge in [0.2, 0.25) is 0 Å². The first-order chi connectivity index (χ1) is 16.1. The van der Waals surface area contributed by atoms with Gasteiger partial charge in [0.1, 0.15) is 5.82 Å². The van der Waals surface area contributed by atoms with Gasteiger partial charge in [-0.3, -0.25) is 4.99 Å². The summed E-state index contributed by atoms with van der Waals surface area (Å²) in [5, 5.41) is 2.96. The summed E-state index contributed by atoms with van der Waals surface area (Å²) >= 11 is 0. The van der Waals surface area contributed by atoms with Crippen LogP contribution in [0.25, 0.3) is 0 Å². The van der Waals surface area contributed by atoms with Gasteiger partial charge in [0.25, 0.3) is 0 Å². The number of hydrogen-bond acceptors (Lipinski definition) is 4.